The molecule has 7 heteroatoms. The number of nitrogens with two attached hydrogens (primary N) is 2. The van der Waals surface area contributed by atoms with Gasteiger partial charge in [-0.15, -0.1) is 0 Å². The summed E-state index contributed by atoms with van der Waals surface area (Å²) < 4.78 is 15.4. The molecule has 1 aromatic carbocycles. The predicted octanol–water partition coefficient (Wildman–Crippen LogP) is 1.11. The number of H-pyrrole nitrogens is 1. The number of hydrogen-bond donors (Lipinski definition) is 3. The van der Waals surface area contributed by atoms with Crippen LogP contribution in [0.1, 0.15) is 11.1 Å². The summed E-state index contributed by atoms with van der Waals surface area (Å²) in [6.07, 6.45) is 0.542. The Morgan fingerprint density at radius 3 is 2.89 bits per heavy atom. The van der Waals surface area contributed by atoms with E-state index in [1.165, 1.54) is 12.1 Å². The third kappa shape index (κ3) is 3.19. The number of aliphatic imine (C=N–C) groups is 1. The second kappa shape index (κ2) is 5.66. The van der Waals surface area contributed by atoms with E-state index in [1.807, 2.05) is 0 Å². The van der Waals surface area contributed by atoms with E-state index in [2.05, 4.69) is 9.37 Å². The van der Waals surface area contributed by atoms with Crippen molar-refractivity contribution in [1.82, 2.24) is 4.37 Å². The van der Waals surface area contributed by atoms with Gasteiger partial charge in [-0.3, -0.25) is 14.2 Å². The highest BCUT2D eigenvalue weighted by molar-refractivity contribution is 7.10. The maximum absolute atomic E-state index is 13.0. The lowest BCUT2D eigenvalue weighted by atomic mass is 10.1. The molecule has 1 heterocycles. The van der Waals surface area contributed by atoms with Crippen molar-refractivity contribution in [3.05, 3.63) is 51.6 Å². The Labute approximate surface area is 112 Å². The molecule has 0 bridgehead atoms. The normalized spacial score (nSPS) is 11.7. The molecule has 2 aromatic rings. The van der Waals surface area contributed by atoms with Crippen LogP contribution in [0.15, 0.2) is 34.1 Å². The molecule has 100 valence electrons. The Kier molecular flexibility index (Phi) is 3.96. The number of aromatic amines is 1. The van der Waals surface area contributed by atoms with Gasteiger partial charge in [-0.1, -0.05) is 12.1 Å². The van der Waals surface area contributed by atoms with Gasteiger partial charge >= 0.3 is 0 Å². The number of aromatic nitrogens is 1. The van der Waals surface area contributed by atoms with Gasteiger partial charge in [0, 0.05) is 6.54 Å². The third-order valence-electron chi connectivity index (χ3n) is 2.55. The standard InChI is InChI=1S/C12H13FN4OS/c13-8-3-1-2-7(6-8)4-5-16-10(14)9-11(15)19-17-12(9)18/h1-3,6H,4-5,15H2,(H2,14,16)(H,17,18). The number of halogens is 1. The van der Waals surface area contributed by atoms with Gasteiger partial charge in [-0.2, -0.15) is 0 Å². The number of rotatable bonds is 4. The maximum Gasteiger partial charge on any atom is 0.271 e. The van der Waals surface area contributed by atoms with E-state index in [0.29, 0.717) is 18.0 Å². The zero-order chi connectivity index (χ0) is 13.8. The van der Waals surface area contributed by atoms with Crippen molar-refractivity contribution in [1.29, 1.82) is 0 Å². The van der Waals surface area contributed by atoms with Crippen LogP contribution < -0.4 is 17.0 Å². The lowest BCUT2D eigenvalue weighted by molar-refractivity contribution is 0.625. The second-order valence-corrected chi connectivity index (χ2v) is 4.77. The molecule has 0 aliphatic heterocycles. The second-order valence-electron chi connectivity index (χ2n) is 3.92. The molecule has 0 aliphatic carbocycles. The minimum atomic E-state index is -0.338. The fourth-order valence-corrected chi connectivity index (χ4v) is 2.24. The Bertz CT molecular complexity index is 662. The summed E-state index contributed by atoms with van der Waals surface area (Å²) in [7, 11) is 0. The highest BCUT2D eigenvalue weighted by atomic mass is 32.1. The maximum atomic E-state index is 13.0. The summed E-state index contributed by atoms with van der Waals surface area (Å²) in [5.41, 5.74) is 12.0. The zero-order valence-corrected chi connectivity index (χ0v) is 10.8. The topological polar surface area (TPSA) is 97.3 Å². The van der Waals surface area contributed by atoms with Crippen LogP contribution in [0.25, 0.3) is 0 Å². The van der Waals surface area contributed by atoms with Crippen molar-refractivity contribution in [3.63, 3.8) is 0 Å². The molecular formula is C12H13FN4OS. The van der Waals surface area contributed by atoms with E-state index in [-0.39, 0.29) is 22.8 Å². The molecule has 0 unspecified atom stereocenters. The smallest absolute Gasteiger partial charge is 0.271 e. The van der Waals surface area contributed by atoms with Crippen LogP contribution in [0.4, 0.5) is 9.39 Å². The molecular weight excluding hydrogens is 267 g/mol. The Hall–Kier alpha value is -2.15. The number of nitrogens with one attached hydrogen (secondary N) is 1. The Balaban J connectivity index is 2.05. The van der Waals surface area contributed by atoms with Crippen molar-refractivity contribution in [2.45, 2.75) is 6.42 Å². The predicted molar refractivity (Wildman–Crippen MR) is 75.0 cm³/mol. The molecule has 5 nitrogen and oxygen atoms in total. The fraction of sp³-hybridized carbons (Fsp3) is 0.167. The Morgan fingerprint density at radius 1 is 1.47 bits per heavy atom. The number of benzene rings is 1. The van der Waals surface area contributed by atoms with E-state index in [9.17, 15) is 9.18 Å². The van der Waals surface area contributed by atoms with Gasteiger partial charge in [-0.25, -0.2) is 4.39 Å². The first-order valence-corrected chi connectivity index (χ1v) is 6.41. The molecule has 0 saturated carbocycles. The largest absolute Gasteiger partial charge is 0.389 e. The van der Waals surface area contributed by atoms with Crippen LogP contribution in [0.3, 0.4) is 0 Å². The van der Waals surface area contributed by atoms with Gasteiger partial charge < -0.3 is 11.5 Å². The average molecular weight is 280 g/mol. The highest BCUT2D eigenvalue weighted by Crippen LogP contribution is 2.10. The number of nitrogen functional groups attached to an aromatic ring is 1. The molecule has 5 N–H and O–H groups in total. The van der Waals surface area contributed by atoms with E-state index in [4.69, 9.17) is 11.5 Å². The van der Waals surface area contributed by atoms with E-state index < -0.39 is 0 Å². The molecule has 2 rings (SSSR count). The third-order valence-corrected chi connectivity index (χ3v) is 3.27. The minimum absolute atomic E-state index is 0.108. The van der Waals surface area contributed by atoms with Gasteiger partial charge in [0.15, 0.2) is 0 Å². The van der Waals surface area contributed by atoms with Crippen LogP contribution >= 0.6 is 11.5 Å². The van der Waals surface area contributed by atoms with Crippen molar-refractivity contribution in [3.8, 4) is 0 Å². The monoisotopic (exact) mass is 280 g/mol. The number of hydrogen-bond acceptors (Lipinski definition) is 4. The van der Waals surface area contributed by atoms with E-state index >= 15 is 0 Å². The van der Waals surface area contributed by atoms with Gasteiger partial charge in [0.25, 0.3) is 5.56 Å². The highest BCUT2D eigenvalue weighted by Gasteiger charge is 2.11. The molecule has 1 aromatic heterocycles. The minimum Gasteiger partial charge on any atom is -0.389 e. The molecule has 0 saturated heterocycles. The summed E-state index contributed by atoms with van der Waals surface area (Å²) in [4.78, 5) is 15.5. The van der Waals surface area contributed by atoms with Gasteiger partial charge in [0.05, 0.1) is 0 Å². The molecule has 0 spiro atoms. The van der Waals surface area contributed by atoms with Crippen molar-refractivity contribution >= 4 is 22.4 Å². The SMILES string of the molecule is NC(=NCCc1cccc(F)c1)c1c(N)s[nH]c1=O. The molecule has 0 aliphatic rings. The van der Waals surface area contributed by atoms with Crippen LogP contribution in [0.5, 0.6) is 0 Å². The van der Waals surface area contributed by atoms with Gasteiger partial charge in [0.2, 0.25) is 0 Å². The molecule has 0 radical (unpaired) electrons. The summed E-state index contributed by atoms with van der Waals surface area (Å²) in [6, 6.07) is 6.27. The van der Waals surface area contributed by atoms with Crippen LogP contribution in [-0.4, -0.2) is 16.8 Å². The van der Waals surface area contributed by atoms with Crippen molar-refractivity contribution < 1.29 is 4.39 Å². The van der Waals surface area contributed by atoms with Crippen molar-refractivity contribution in [2.24, 2.45) is 10.7 Å². The van der Waals surface area contributed by atoms with E-state index in [1.54, 1.807) is 12.1 Å². The number of nitrogens with zero attached hydrogens (tertiary/aromatic N) is 1. The number of anilines is 1. The summed E-state index contributed by atoms with van der Waals surface area (Å²) in [5.74, 6) is -0.177. The summed E-state index contributed by atoms with van der Waals surface area (Å²) in [5, 5.41) is 0.317. The lowest BCUT2D eigenvalue weighted by Crippen LogP contribution is -2.22. The summed E-state index contributed by atoms with van der Waals surface area (Å²) >= 11 is 1.02. The summed E-state index contributed by atoms with van der Waals surface area (Å²) in [6.45, 7) is 0.365. The molecule has 0 amide bonds. The quantitative estimate of drug-likeness (QED) is 0.578. The first kappa shape index (κ1) is 13.3. The van der Waals surface area contributed by atoms with Crippen LogP contribution in [-0.2, 0) is 6.42 Å². The Morgan fingerprint density at radius 2 is 2.26 bits per heavy atom. The van der Waals surface area contributed by atoms with Crippen LogP contribution in [0, 0.1) is 5.82 Å². The van der Waals surface area contributed by atoms with Gasteiger partial charge in [0.1, 0.15) is 22.2 Å². The zero-order valence-electron chi connectivity index (χ0n) is 10.0. The van der Waals surface area contributed by atoms with Crippen molar-refractivity contribution in [2.75, 3.05) is 12.3 Å². The molecule has 19 heavy (non-hydrogen) atoms. The molecule has 0 fully saturated rings. The fourth-order valence-electron chi connectivity index (χ4n) is 1.63. The lowest BCUT2D eigenvalue weighted by Gasteiger charge is -2.00. The van der Waals surface area contributed by atoms with Gasteiger partial charge in [-0.05, 0) is 35.6 Å². The average Bonchev–Trinajstić information content (AvgIpc) is 2.69. The number of amidine groups is 1. The van der Waals surface area contributed by atoms with Crippen LogP contribution in [0.2, 0.25) is 0 Å². The first-order chi connectivity index (χ1) is 9.08. The molecule has 0 atom stereocenters. The first-order valence-electron chi connectivity index (χ1n) is 5.59. The van der Waals surface area contributed by atoms with E-state index in [0.717, 1.165) is 17.1 Å².